The number of likely N-dealkylation sites (tertiary alicyclic amines) is 1. The second-order valence-electron chi connectivity index (χ2n) is 8.44. The number of piperidine rings is 1. The summed E-state index contributed by atoms with van der Waals surface area (Å²) >= 11 is 0. The molecule has 2 N–H and O–H groups in total. The van der Waals surface area contributed by atoms with Gasteiger partial charge in [0.2, 0.25) is 0 Å². The van der Waals surface area contributed by atoms with E-state index in [4.69, 9.17) is 0 Å². The molecule has 3 aliphatic heterocycles. The molecule has 1 atom stereocenters. The molecule has 2 saturated heterocycles. The first-order chi connectivity index (χ1) is 13.9. The third-order valence-corrected chi connectivity index (χ3v) is 6.23. The van der Waals surface area contributed by atoms with E-state index in [2.05, 4.69) is 39.2 Å². The molecule has 0 spiro atoms. The molecule has 0 aliphatic carbocycles. The zero-order chi connectivity index (χ0) is 20.8. The summed E-state index contributed by atoms with van der Waals surface area (Å²) in [5.74, 6) is -0.479. The number of alkyl halides is 2. The standard InChI is InChI=1S/C21H35F2N5O/c1-16(2)26-11-7-17(8-12-26)27-9-4-10-28(14-13-27)20-6-3-5-18(25-20)21(29)24-15-19(22)23/h3,5-6,16-17,19-20,25H,4,7-15H2,1-2H3,(H,24,29). The summed E-state index contributed by atoms with van der Waals surface area (Å²) in [4.78, 5) is 19.6. The molecule has 3 aliphatic rings. The molecule has 0 aromatic carbocycles. The van der Waals surface area contributed by atoms with Crippen LogP contribution in [0.2, 0.25) is 0 Å². The maximum Gasteiger partial charge on any atom is 0.267 e. The van der Waals surface area contributed by atoms with E-state index in [9.17, 15) is 13.6 Å². The Morgan fingerprint density at radius 2 is 1.83 bits per heavy atom. The summed E-state index contributed by atoms with van der Waals surface area (Å²) in [6, 6.07) is 1.29. The highest BCUT2D eigenvalue weighted by Crippen LogP contribution is 2.20. The van der Waals surface area contributed by atoms with Gasteiger partial charge in [0.15, 0.2) is 0 Å². The van der Waals surface area contributed by atoms with Gasteiger partial charge in [0.05, 0.1) is 12.7 Å². The van der Waals surface area contributed by atoms with Crippen molar-refractivity contribution in [3.8, 4) is 0 Å². The van der Waals surface area contributed by atoms with E-state index >= 15 is 0 Å². The Kier molecular flexibility index (Phi) is 8.03. The highest BCUT2D eigenvalue weighted by molar-refractivity contribution is 5.93. The third kappa shape index (κ3) is 6.23. The predicted molar refractivity (Wildman–Crippen MR) is 111 cm³/mol. The lowest BCUT2D eigenvalue weighted by Gasteiger charge is -2.39. The number of halogens is 2. The van der Waals surface area contributed by atoms with Gasteiger partial charge in [0.1, 0.15) is 5.70 Å². The highest BCUT2D eigenvalue weighted by atomic mass is 19.3. The van der Waals surface area contributed by atoms with E-state index in [-0.39, 0.29) is 6.17 Å². The van der Waals surface area contributed by atoms with Crippen LogP contribution in [-0.2, 0) is 4.79 Å². The van der Waals surface area contributed by atoms with E-state index in [0.29, 0.717) is 17.8 Å². The number of dihydropyridines is 1. The Labute approximate surface area is 173 Å². The largest absolute Gasteiger partial charge is 0.362 e. The Morgan fingerprint density at radius 3 is 2.52 bits per heavy atom. The number of hydrogen-bond acceptors (Lipinski definition) is 5. The van der Waals surface area contributed by atoms with Crippen LogP contribution in [0.4, 0.5) is 8.78 Å². The van der Waals surface area contributed by atoms with Gasteiger partial charge in [-0.2, -0.15) is 0 Å². The van der Waals surface area contributed by atoms with E-state index < -0.39 is 18.9 Å². The fourth-order valence-corrected chi connectivity index (χ4v) is 4.50. The lowest BCUT2D eigenvalue weighted by atomic mass is 10.0. The molecule has 29 heavy (non-hydrogen) atoms. The Hall–Kier alpha value is -1.51. The van der Waals surface area contributed by atoms with Gasteiger partial charge in [-0.1, -0.05) is 6.08 Å². The summed E-state index contributed by atoms with van der Waals surface area (Å²) in [6.45, 7) is 10.3. The van der Waals surface area contributed by atoms with Crippen LogP contribution < -0.4 is 10.6 Å². The van der Waals surface area contributed by atoms with Crippen molar-refractivity contribution in [2.75, 3.05) is 45.8 Å². The van der Waals surface area contributed by atoms with Crippen molar-refractivity contribution < 1.29 is 13.6 Å². The number of rotatable bonds is 6. The molecule has 1 amide bonds. The molecule has 6 nitrogen and oxygen atoms in total. The molecule has 0 radical (unpaired) electrons. The zero-order valence-corrected chi connectivity index (χ0v) is 17.6. The maximum atomic E-state index is 12.3. The van der Waals surface area contributed by atoms with Crippen LogP contribution in [0.15, 0.2) is 23.9 Å². The number of nitrogens with zero attached hydrogens (tertiary/aromatic N) is 3. The van der Waals surface area contributed by atoms with E-state index in [1.54, 1.807) is 6.08 Å². The number of amides is 1. The molecule has 0 aromatic heterocycles. The van der Waals surface area contributed by atoms with Gasteiger partial charge in [0.25, 0.3) is 12.3 Å². The molecular formula is C21H35F2N5O. The molecule has 3 heterocycles. The molecule has 0 saturated carbocycles. The summed E-state index contributed by atoms with van der Waals surface area (Å²) < 4.78 is 24.7. The summed E-state index contributed by atoms with van der Waals surface area (Å²) in [6.07, 6.45) is 6.45. The highest BCUT2D eigenvalue weighted by Gasteiger charge is 2.29. The molecule has 3 rings (SSSR count). The summed E-state index contributed by atoms with van der Waals surface area (Å²) in [5, 5.41) is 5.47. The van der Waals surface area contributed by atoms with E-state index in [1.165, 1.54) is 25.9 Å². The molecular weight excluding hydrogens is 376 g/mol. The van der Waals surface area contributed by atoms with Crippen molar-refractivity contribution in [3.05, 3.63) is 23.9 Å². The van der Waals surface area contributed by atoms with Crippen molar-refractivity contribution in [2.24, 2.45) is 0 Å². The molecule has 1 unspecified atom stereocenters. The van der Waals surface area contributed by atoms with Crippen LogP contribution in [0.3, 0.4) is 0 Å². The fraction of sp³-hybridized carbons (Fsp3) is 0.762. The quantitative estimate of drug-likeness (QED) is 0.696. The summed E-state index contributed by atoms with van der Waals surface area (Å²) in [7, 11) is 0. The normalized spacial score (nSPS) is 25.7. The van der Waals surface area contributed by atoms with Crippen molar-refractivity contribution in [1.82, 2.24) is 25.3 Å². The number of carbonyl (C=O) groups excluding carboxylic acids is 1. The first kappa shape index (κ1) is 22.2. The minimum Gasteiger partial charge on any atom is -0.362 e. The van der Waals surface area contributed by atoms with Gasteiger partial charge in [0, 0.05) is 31.7 Å². The lowest BCUT2D eigenvalue weighted by Crippen LogP contribution is -2.50. The van der Waals surface area contributed by atoms with Gasteiger partial charge in [-0.15, -0.1) is 0 Å². The molecule has 8 heteroatoms. The first-order valence-corrected chi connectivity index (χ1v) is 10.9. The van der Waals surface area contributed by atoms with E-state index in [0.717, 1.165) is 32.6 Å². The average molecular weight is 412 g/mol. The summed E-state index contributed by atoms with van der Waals surface area (Å²) in [5.41, 5.74) is 0.348. The average Bonchev–Trinajstić information content (AvgIpc) is 2.98. The third-order valence-electron chi connectivity index (χ3n) is 6.23. The van der Waals surface area contributed by atoms with Crippen LogP contribution in [0.25, 0.3) is 0 Å². The predicted octanol–water partition coefficient (Wildman–Crippen LogP) is 1.62. The van der Waals surface area contributed by atoms with Gasteiger partial charge in [-0.25, -0.2) is 8.78 Å². The van der Waals surface area contributed by atoms with Crippen molar-refractivity contribution in [3.63, 3.8) is 0 Å². The number of nitrogens with one attached hydrogen (secondary N) is 2. The topological polar surface area (TPSA) is 50.9 Å². The Balaban J connectivity index is 1.48. The van der Waals surface area contributed by atoms with Crippen molar-refractivity contribution in [1.29, 1.82) is 0 Å². The maximum absolute atomic E-state index is 12.3. The first-order valence-electron chi connectivity index (χ1n) is 10.9. The van der Waals surface area contributed by atoms with Crippen molar-refractivity contribution >= 4 is 5.91 Å². The van der Waals surface area contributed by atoms with E-state index in [1.807, 2.05) is 12.2 Å². The smallest absolute Gasteiger partial charge is 0.267 e. The van der Waals surface area contributed by atoms with Crippen LogP contribution in [0, 0.1) is 0 Å². The lowest BCUT2D eigenvalue weighted by molar-refractivity contribution is -0.118. The van der Waals surface area contributed by atoms with Crippen LogP contribution in [-0.4, -0.2) is 91.1 Å². The van der Waals surface area contributed by atoms with Gasteiger partial charge < -0.3 is 15.5 Å². The molecule has 0 bridgehead atoms. The second-order valence-corrected chi connectivity index (χ2v) is 8.44. The monoisotopic (exact) mass is 411 g/mol. The van der Waals surface area contributed by atoms with Crippen LogP contribution in [0.5, 0.6) is 0 Å². The van der Waals surface area contributed by atoms with Gasteiger partial charge >= 0.3 is 0 Å². The zero-order valence-electron chi connectivity index (χ0n) is 17.6. The Bertz CT molecular complexity index is 602. The minimum atomic E-state index is -2.54. The SMILES string of the molecule is CC(C)N1CCC(N2CCCN(C3C=CC=C(C(=O)NCC(F)F)N3)CC2)CC1. The van der Waals surface area contributed by atoms with Gasteiger partial charge in [-0.05, 0) is 64.9 Å². The molecule has 2 fully saturated rings. The van der Waals surface area contributed by atoms with Crippen molar-refractivity contribution in [2.45, 2.75) is 57.8 Å². The minimum absolute atomic E-state index is 0.0740. The molecule has 0 aromatic rings. The number of hydrogen-bond donors (Lipinski definition) is 2. The number of carbonyl (C=O) groups is 1. The fourth-order valence-electron chi connectivity index (χ4n) is 4.50. The number of allylic oxidation sites excluding steroid dienone is 2. The Morgan fingerprint density at radius 1 is 1.14 bits per heavy atom. The van der Waals surface area contributed by atoms with Crippen LogP contribution >= 0.6 is 0 Å². The second kappa shape index (κ2) is 10.5. The van der Waals surface area contributed by atoms with Gasteiger partial charge in [-0.3, -0.25) is 14.6 Å². The van der Waals surface area contributed by atoms with Crippen LogP contribution in [0.1, 0.15) is 33.1 Å². The molecule has 164 valence electrons.